The lowest BCUT2D eigenvalue weighted by Crippen LogP contribution is -2.25. The molecule has 0 aliphatic rings. The molecule has 9 heteroatoms. The van der Waals surface area contributed by atoms with E-state index >= 15 is 0 Å². The maximum Gasteiger partial charge on any atom is 0.328 e. The molecule has 0 saturated heterocycles. The van der Waals surface area contributed by atoms with Crippen LogP contribution in [-0.2, 0) is 22.6 Å². The van der Waals surface area contributed by atoms with Gasteiger partial charge in [-0.3, -0.25) is 0 Å². The van der Waals surface area contributed by atoms with E-state index in [4.69, 9.17) is 29.9 Å². The molecule has 0 radical (unpaired) electrons. The van der Waals surface area contributed by atoms with Crippen LogP contribution in [0, 0.1) is 0 Å². The predicted octanol–water partition coefficient (Wildman–Crippen LogP) is 4.27. The van der Waals surface area contributed by atoms with E-state index in [9.17, 15) is 0 Å². The first-order valence-corrected chi connectivity index (χ1v) is 12.7. The number of ether oxygens (including phenoxy) is 3. The van der Waals surface area contributed by atoms with E-state index in [0.717, 1.165) is 11.1 Å². The fourth-order valence-corrected chi connectivity index (χ4v) is 3.65. The Labute approximate surface area is 223 Å². The Kier molecular flexibility index (Phi) is 10.8. The van der Waals surface area contributed by atoms with Gasteiger partial charge in [-0.1, -0.05) is 78.9 Å². The van der Waals surface area contributed by atoms with Crippen molar-refractivity contribution in [1.29, 1.82) is 0 Å². The Morgan fingerprint density at radius 1 is 0.658 bits per heavy atom. The molecule has 1 heterocycles. The molecule has 4 rings (SSSR count). The molecule has 9 nitrogen and oxygen atoms in total. The van der Waals surface area contributed by atoms with E-state index in [1.54, 1.807) is 0 Å². The second kappa shape index (κ2) is 15.3. The van der Waals surface area contributed by atoms with E-state index < -0.39 is 0 Å². The molecule has 38 heavy (non-hydrogen) atoms. The summed E-state index contributed by atoms with van der Waals surface area (Å²) in [5.41, 5.74) is 7.72. The third kappa shape index (κ3) is 9.11. The number of para-hydroxylation sites is 1. The molecule has 0 aliphatic carbocycles. The highest BCUT2D eigenvalue weighted by Gasteiger charge is 2.16. The summed E-state index contributed by atoms with van der Waals surface area (Å²) in [6, 6.07) is 30.2. The molecule has 198 valence electrons. The van der Waals surface area contributed by atoms with E-state index in [-0.39, 0.29) is 6.01 Å². The monoisotopic (exact) mass is 514 g/mol. The Hall–Kier alpha value is -4.05. The summed E-state index contributed by atoms with van der Waals surface area (Å²) >= 11 is 0. The SMILES string of the molecule is NCCOCCOCCNc1nc(Oc2ccccc2)nc(N(Cc2ccccc2)Cc2ccccc2)n1. The standard InChI is InChI=1S/C29H34N6O3/c30-16-18-36-20-21-37-19-17-31-27-32-28(34-29(33-27)38-26-14-8-3-9-15-26)35(22-24-10-4-1-5-11-24)23-25-12-6-2-7-13-25/h1-15H,16-23,30H2,(H,31,32,33,34). The number of anilines is 2. The zero-order valence-electron chi connectivity index (χ0n) is 21.4. The minimum atomic E-state index is 0.214. The van der Waals surface area contributed by atoms with Crippen molar-refractivity contribution in [2.75, 3.05) is 49.7 Å². The molecule has 0 unspecified atom stereocenters. The molecule has 0 atom stereocenters. The number of aromatic nitrogens is 3. The van der Waals surface area contributed by atoms with Gasteiger partial charge >= 0.3 is 6.01 Å². The van der Waals surface area contributed by atoms with Gasteiger partial charge in [-0.2, -0.15) is 15.0 Å². The molecule has 0 aliphatic heterocycles. The van der Waals surface area contributed by atoms with Crippen LogP contribution in [0.15, 0.2) is 91.0 Å². The topological polar surface area (TPSA) is 108 Å². The van der Waals surface area contributed by atoms with Gasteiger partial charge < -0.3 is 30.2 Å². The lowest BCUT2D eigenvalue weighted by atomic mass is 10.2. The number of rotatable bonds is 16. The average Bonchev–Trinajstić information content (AvgIpc) is 2.96. The van der Waals surface area contributed by atoms with Crippen LogP contribution in [0.25, 0.3) is 0 Å². The van der Waals surface area contributed by atoms with Gasteiger partial charge in [0, 0.05) is 26.2 Å². The Morgan fingerprint density at radius 2 is 1.24 bits per heavy atom. The molecule has 0 fully saturated rings. The molecule has 1 aromatic heterocycles. The van der Waals surface area contributed by atoms with Gasteiger partial charge in [-0.05, 0) is 23.3 Å². The summed E-state index contributed by atoms with van der Waals surface area (Å²) in [5.74, 6) is 1.57. The van der Waals surface area contributed by atoms with Crippen LogP contribution in [0.2, 0.25) is 0 Å². The molecule has 0 amide bonds. The van der Waals surface area contributed by atoms with E-state index in [2.05, 4.69) is 39.5 Å². The summed E-state index contributed by atoms with van der Waals surface area (Å²) in [4.78, 5) is 16.1. The highest BCUT2D eigenvalue weighted by molar-refractivity contribution is 5.41. The largest absolute Gasteiger partial charge is 0.424 e. The van der Waals surface area contributed by atoms with Crippen LogP contribution in [0.1, 0.15) is 11.1 Å². The zero-order chi connectivity index (χ0) is 26.3. The van der Waals surface area contributed by atoms with Crippen LogP contribution < -0.4 is 20.7 Å². The first kappa shape index (κ1) is 27.0. The first-order valence-electron chi connectivity index (χ1n) is 12.7. The highest BCUT2D eigenvalue weighted by atomic mass is 16.5. The van der Waals surface area contributed by atoms with Crippen molar-refractivity contribution in [2.24, 2.45) is 5.73 Å². The fourth-order valence-electron chi connectivity index (χ4n) is 3.65. The summed E-state index contributed by atoms with van der Waals surface area (Å²) in [5, 5.41) is 3.24. The van der Waals surface area contributed by atoms with Crippen LogP contribution >= 0.6 is 0 Å². The van der Waals surface area contributed by atoms with Crippen molar-refractivity contribution in [2.45, 2.75) is 13.1 Å². The summed E-state index contributed by atoms with van der Waals surface area (Å²) in [7, 11) is 0. The lowest BCUT2D eigenvalue weighted by molar-refractivity contribution is 0.0547. The lowest BCUT2D eigenvalue weighted by Gasteiger charge is -2.24. The van der Waals surface area contributed by atoms with Crippen molar-refractivity contribution in [3.05, 3.63) is 102 Å². The summed E-state index contributed by atoms with van der Waals surface area (Å²) < 4.78 is 17.0. The number of hydrogen-bond acceptors (Lipinski definition) is 9. The molecular weight excluding hydrogens is 480 g/mol. The van der Waals surface area contributed by atoms with Crippen LogP contribution in [0.4, 0.5) is 11.9 Å². The number of nitrogens with zero attached hydrogens (tertiary/aromatic N) is 4. The van der Waals surface area contributed by atoms with Gasteiger partial charge in [0.05, 0.1) is 26.4 Å². The number of nitrogens with one attached hydrogen (secondary N) is 1. The van der Waals surface area contributed by atoms with Gasteiger partial charge in [0.1, 0.15) is 5.75 Å². The number of hydrogen-bond donors (Lipinski definition) is 2. The zero-order valence-corrected chi connectivity index (χ0v) is 21.4. The average molecular weight is 515 g/mol. The highest BCUT2D eigenvalue weighted by Crippen LogP contribution is 2.23. The molecular formula is C29H34N6O3. The molecule has 4 aromatic rings. The molecule has 3 aromatic carbocycles. The first-order chi connectivity index (χ1) is 18.8. The minimum Gasteiger partial charge on any atom is -0.424 e. The molecule has 3 N–H and O–H groups in total. The van der Waals surface area contributed by atoms with Crippen molar-refractivity contribution in [3.63, 3.8) is 0 Å². The number of benzene rings is 3. The van der Waals surface area contributed by atoms with Gasteiger partial charge in [-0.25, -0.2) is 0 Å². The normalized spacial score (nSPS) is 10.8. The Bertz CT molecular complexity index is 1160. The smallest absolute Gasteiger partial charge is 0.328 e. The van der Waals surface area contributed by atoms with Gasteiger partial charge in [0.2, 0.25) is 11.9 Å². The van der Waals surface area contributed by atoms with Gasteiger partial charge in [0.25, 0.3) is 0 Å². The van der Waals surface area contributed by atoms with Crippen molar-refractivity contribution < 1.29 is 14.2 Å². The quantitative estimate of drug-likeness (QED) is 0.212. The van der Waals surface area contributed by atoms with E-state index in [1.807, 2.05) is 66.7 Å². The van der Waals surface area contributed by atoms with Crippen molar-refractivity contribution in [3.8, 4) is 11.8 Å². The predicted molar refractivity (Wildman–Crippen MR) is 148 cm³/mol. The van der Waals surface area contributed by atoms with E-state index in [0.29, 0.717) is 70.3 Å². The molecule has 0 bridgehead atoms. The maximum absolute atomic E-state index is 6.01. The second-order valence-corrected chi connectivity index (χ2v) is 8.42. The van der Waals surface area contributed by atoms with Crippen LogP contribution in [0.5, 0.6) is 11.8 Å². The Morgan fingerprint density at radius 3 is 1.84 bits per heavy atom. The maximum atomic E-state index is 6.01. The second-order valence-electron chi connectivity index (χ2n) is 8.42. The van der Waals surface area contributed by atoms with Crippen LogP contribution in [-0.4, -0.2) is 54.5 Å². The third-order valence-electron chi connectivity index (χ3n) is 5.43. The molecule has 0 saturated carbocycles. The van der Waals surface area contributed by atoms with Crippen molar-refractivity contribution in [1.82, 2.24) is 15.0 Å². The van der Waals surface area contributed by atoms with Crippen LogP contribution in [0.3, 0.4) is 0 Å². The Balaban J connectivity index is 1.53. The summed E-state index contributed by atoms with van der Waals surface area (Å²) in [6.07, 6.45) is 0. The van der Waals surface area contributed by atoms with Gasteiger partial charge in [-0.15, -0.1) is 0 Å². The summed E-state index contributed by atoms with van der Waals surface area (Å²) in [6.45, 7) is 4.27. The van der Waals surface area contributed by atoms with E-state index in [1.165, 1.54) is 0 Å². The fraction of sp³-hybridized carbons (Fsp3) is 0.276. The number of nitrogens with two attached hydrogens (primary N) is 1. The third-order valence-corrected chi connectivity index (χ3v) is 5.43. The van der Waals surface area contributed by atoms with Gasteiger partial charge in [0.15, 0.2) is 0 Å². The molecule has 0 spiro atoms. The minimum absolute atomic E-state index is 0.214. The van der Waals surface area contributed by atoms with Crippen molar-refractivity contribution >= 4 is 11.9 Å².